The van der Waals surface area contributed by atoms with Crippen molar-refractivity contribution in [1.29, 1.82) is 0 Å². The highest BCUT2D eigenvalue weighted by molar-refractivity contribution is 7.89. The Bertz CT molecular complexity index is 2080. The topological polar surface area (TPSA) is 147 Å². The molecule has 6 heterocycles. The summed E-state index contributed by atoms with van der Waals surface area (Å²) in [7, 11) is -3.67. The Morgan fingerprint density at radius 1 is 0.930 bits per heavy atom. The Hall–Kier alpha value is -4.52. The zero-order valence-electron chi connectivity index (χ0n) is 23.2. The van der Waals surface area contributed by atoms with Gasteiger partial charge < -0.3 is 4.98 Å². The SMILES string of the molecule is NS(=O)(=O)CCc1cc(F)cc(-c2ccnc3[nH]c(-c4n[nH]c5cnc(-c6cncc(CN7CCCC7)c6)cc45)cc23)c1. The summed E-state index contributed by atoms with van der Waals surface area (Å²) >= 11 is 0. The fourth-order valence-corrected chi connectivity index (χ4v) is 6.33. The normalized spacial score (nSPS) is 14.3. The molecule has 218 valence electrons. The molecule has 1 aliphatic heterocycles. The van der Waals surface area contributed by atoms with Gasteiger partial charge in [-0.05, 0) is 91.0 Å². The van der Waals surface area contributed by atoms with Gasteiger partial charge in [0.2, 0.25) is 10.0 Å². The summed E-state index contributed by atoms with van der Waals surface area (Å²) in [5, 5.41) is 14.5. The number of aromatic amines is 2. The molecule has 43 heavy (non-hydrogen) atoms. The van der Waals surface area contributed by atoms with E-state index in [9.17, 15) is 12.8 Å². The van der Waals surface area contributed by atoms with Crippen LogP contribution in [0.2, 0.25) is 0 Å². The van der Waals surface area contributed by atoms with Gasteiger partial charge in [0, 0.05) is 41.5 Å². The molecular formula is C31H29FN8O2S. The first kappa shape index (κ1) is 27.3. The van der Waals surface area contributed by atoms with Crippen molar-refractivity contribution in [2.75, 3.05) is 18.8 Å². The number of primary sulfonamides is 1. The number of nitrogens with zero attached hydrogens (tertiary/aromatic N) is 5. The smallest absolute Gasteiger partial charge is 0.209 e. The lowest BCUT2D eigenvalue weighted by Gasteiger charge is -2.14. The minimum Gasteiger partial charge on any atom is -0.338 e. The number of H-pyrrole nitrogens is 2. The predicted molar refractivity (Wildman–Crippen MR) is 164 cm³/mol. The van der Waals surface area contributed by atoms with Gasteiger partial charge in [-0.25, -0.2) is 22.9 Å². The van der Waals surface area contributed by atoms with E-state index in [1.54, 1.807) is 18.5 Å². The number of hydrogen-bond acceptors (Lipinski definition) is 7. The monoisotopic (exact) mass is 596 g/mol. The van der Waals surface area contributed by atoms with Crippen molar-refractivity contribution in [3.8, 4) is 33.8 Å². The lowest BCUT2D eigenvalue weighted by Crippen LogP contribution is -2.18. The Morgan fingerprint density at radius 3 is 2.60 bits per heavy atom. The highest BCUT2D eigenvalue weighted by Gasteiger charge is 2.17. The maximum Gasteiger partial charge on any atom is 0.209 e. The quantitative estimate of drug-likeness (QED) is 0.229. The maximum atomic E-state index is 14.6. The molecule has 5 aromatic heterocycles. The third kappa shape index (κ3) is 5.76. The number of pyridine rings is 3. The van der Waals surface area contributed by atoms with E-state index >= 15 is 0 Å². The van der Waals surface area contributed by atoms with Gasteiger partial charge >= 0.3 is 0 Å². The van der Waals surface area contributed by atoms with E-state index in [1.807, 2.05) is 30.6 Å². The Labute approximate surface area is 247 Å². The molecule has 0 spiro atoms. The zero-order chi connectivity index (χ0) is 29.6. The van der Waals surface area contributed by atoms with E-state index in [0.717, 1.165) is 64.0 Å². The van der Waals surface area contributed by atoms with Crippen molar-refractivity contribution in [1.82, 2.24) is 35.0 Å². The third-order valence-electron chi connectivity index (χ3n) is 7.87. The number of aryl methyl sites for hydroxylation is 1. The van der Waals surface area contributed by atoms with E-state index < -0.39 is 15.8 Å². The van der Waals surface area contributed by atoms with Crippen LogP contribution in [-0.2, 0) is 23.0 Å². The first-order chi connectivity index (χ1) is 20.8. The highest BCUT2D eigenvalue weighted by atomic mass is 32.2. The number of rotatable bonds is 8. The van der Waals surface area contributed by atoms with Gasteiger partial charge in [-0.15, -0.1) is 0 Å². The van der Waals surface area contributed by atoms with Crippen molar-refractivity contribution in [2.24, 2.45) is 5.14 Å². The van der Waals surface area contributed by atoms with Crippen LogP contribution in [0.1, 0.15) is 24.0 Å². The second-order valence-electron chi connectivity index (χ2n) is 11.0. The number of aromatic nitrogens is 6. The molecule has 1 aromatic carbocycles. The highest BCUT2D eigenvalue weighted by Crippen LogP contribution is 2.35. The van der Waals surface area contributed by atoms with Crippen molar-refractivity contribution in [2.45, 2.75) is 25.8 Å². The minimum absolute atomic E-state index is 0.114. The fourth-order valence-electron chi connectivity index (χ4n) is 5.81. The zero-order valence-corrected chi connectivity index (χ0v) is 24.0. The molecule has 0 saturated carbocycles. The number of halogens is 1. The predicted octanol–water partition coefficient (Wildman–Crippen LogP) is 4.80. The van der Waals surface area contributed by atoms with Crippen LogP contribution in [0.15, 0.2) is 67.3 Å². The van der Waals surface area contributed by atoms with Crippen LogP contribution in [0.3, 0.4) is 0 Å². The molecule has 0 aliphatic carbocycles. The second-order valence-corrected chi connectivity index (χ2v) is 12.8. The Morgan fingerprint density at radius 2 is 1.77 bits per heavy atom. The second kappa shape index (κ2) is 11.0. The lowest BCUT2D eigenvalue weighted by molar-refractivity contribution is 0.331. The first-order valence-corrected chi connectivity index (χ1v) is 15.8. The largest absolute Gasteiger partial charge is 0.338 e. The molecule has 0 atom stereocenters. The molecule has 1 aliphatic rings. The van der Waals surface area contributed by atoms with E-state index in [2.05, 4.69) is 41.1 Å². The van der Waals surface area contributed by atoms with E-state index in [4.69, 9.17) is 5.14 Å². The number of nitrogens with one attached hydrogen (secondary N) is 2. The van der Waals surface area contributed by atoms with Crippen LogP contribution in [0.4, 0.5) is 4.39 Å². The van der Waals surface area contributed by atoms with Gasteiger partial charge in [-0.1, -0.05) is 6.07 Å². The van der Waals surface area contributed by atoms with Gasteiger partial charge in [-0.3, -0.25) is 20.0 Å². The fraction of sp³-hybridized carbons (Fsp3) is 0.226. The van der Waals surface area contributed by atoms with Crippen LogP contribution in [0.25, 0.3) is 55.7 Å². The number of nitrogens with two attached hydrogens (primary N) is 1. The summed E-state index contributed by atoms with van der Waals surface area (Å²) < 4.78 is 37.5. The first-order valence-electron chi connectivity index (χ1n) is 14.1. The summed E-state index contributed by atoms with van der Waals surface area (Å²) in [6, 6.07) is 12.4. The number of hydrogen-bond donors (Lipinski definition) is 3. The molecule has 12 heteroatoms. The van der Waals surface area contributed by atoms with Crippen molar-refractivity contribution in [3.05, 3.63) is 84.2 Å². The average Bonchev–Trinajstić information content (AvgIpc) is 3.75. The van der Waals surface area contributed by atoms with Crippen LogP contribution in [0.5, 0.6) is 0 Å². The molecule has 0 amide bonds. The van der Waals surface area contributed by atoms with E-state index in [1.165, 1.54) is 25.0 Å². The van der Waals surface area contributed by atoms with Crippen LogP contribution < -0.4 is 5.14 Å². The lowest BCUT2D eigenvalue weighted by atomic mass is 10.00. The number of fused-ring (bicyclic) bond motifs is 2. The van der Waals surface area contributed by atoms with Crippen LogP contribution in [0, 0.1) is 5.82 Å². The van der Waals surface area contributed by atoms with Gasteiger partial charge in [0.15, 0.2) is 0 Å². The molecular weight excluding hydrogens is 567 g/mol. The Balaban J connectivity index is 1.24. The minimum atomic E-state index is -3.67. The summed E-state index contributed by atoms with van der Waals surface area (Å²) in [6.07, 6.45) is 9.77. The number of likely N-dealkylation sites (tertiary alicyclic amines) is 1. The van der Waals surface area contributed by atoms with Crippen molar-refractivity contribution < 1.29 is 12.8 Å². The standard InChI is InChI=1S/C31H29FN8O2S/c32-23-11-19(4-8-43(33,41)42)9-21(12-23)24-3-5-35-31-25(24)13-28(37-31)30-26-14-27(36-17-29(26)38-39-30)22-10-20(15-34-16-22)18-40-6-1-2-7-40/h3,5,9-17H,1-2,4,6-8,18H2,(H,35,37)(H,38,39)(H2,33,41,42). The summed E-state index contributed by atoms with van der Waals surface area (Å²) in [5.74, 6) is -0.724. The molecule has 1 saturated heterocycles. The third-order valence-corrected chi connectivity index (χ3v) is 8.65. The number of sulfonamides is 1. The van der Waals surface area contributed by atoms with Gasteiger partial charge in [0.25, 0.3) is 0 Å². The molecule has 1 fully saturated rings. The molecule has 0 bridgehead atoms. The average molecular weight is 597 g/mol. The van der Waals surface area contributed by atoms with Crippen molar-refractivity contribution in [3.63, 3.8) is 0 Å². The molecule has 0 unspecified atom stereocenters. The summed E-state index contributed by atoms with van der Waals surface area (Å²) in [6.45, 7) is 3.11. The van der Waals surface area contributed by atoms with E-state index in [-0.39, 0.29) is 12.2 Å². The molecule has 10 nitrogen and oxygen atoms in total. The van der Waals surface area contributed by atoms with Gasteiger partial charge in [0.1, 0.15) is 17.2 Å². The van der Waals surface area contributed by atoms with E-state index in [0.29, 0.717) is 22.5 Å². The van der Waals surface area contributed by atoms with Gasteiger partial charge in [-0.2, -0.15) is 5.10 Å². The van der Waals surface area contributed by atoms with Crippen molar-refractivity contribution >= 4 is 32.0 Å². The van der Waals surface area contributed by atoms with Gasteiger partial charge in [0.05, 0.1) is 28.9 Å². The molecule has 0 radical (unpaired) electrons. The summed E-state index contributed by atoms with van der Waals surface area (Å²) in [5.41, 5.74) is 7.66. The number of benzene rings is 1. The molecule has 4 N–H and O–H groups in total. The maximum absolute atomic E-state index is 14.6. The molecule has 7 rings (SSSR count). The van der Waals surface area contributed by atoms with Crippen LogP contribution >= 0.6 is 0 Å². The molecule has 6 aromatic rings. The Kier molecular flexibility index (Phi) is 6.96. The van der Waals surface area contributed by atoms with Crippen LogP contribution in [-0.4, -0.2) is 62.3 Å². The summed E-state index contributed by atoms with van der Waals surface area (Å²) in [4.78, 5) is 19.5.